The molecule has 0 aliphatic carbocycles. The van der Waals surface area contributed by atoms with Crippen LogP contribution < -0.4 is 0 Å². The Morgan fingerprint density at radius 3 is 3.06 bits per heavy atom. The summed E-state index contributed by atoms with van der Waals surface area (Å²) in [4.78, 5) is 15.3. The molecular formula is C12H9ClN2O2. The number of esters is 1. The standard InChI is InChI=1S/C12H9ClN2O2/c13-11-2-1-8(5-14-11)6-15-4-3-9-10(15)7-17-12(9)16/h1-5H,6-7H2. The molecule has 0 N–H and O–H groups in total. The Kier molecular flexibility index (Phi) is 2.37. The van der Waals surface area contributed by atoms with Gasteiger partial charge in [0.15, 0.2) is 0 Å². The first-order valence-corrected chi connectivity index (χ1v) is 5.57. The van der Waals surface area contributed by atoms with E-state index in [2.05, 4.69) is 4.98 Å². The summed E-state index contributed by atoms with van der Waals surface area (Å²) >= 11 is 5.72. The highest BCUT2D eigenvalue weighted by molar-refractivity contribution is 6.29. The monoisotopic (exact) mass is 248 g/mol. The summed E-state index contributed by atoms with van der Waals surface area (Å²) in [6.07, 6.45) is 3.62. The molecular weight excluding hydrogens is 240 g/mol. The van der Waals surface area contributed by atoms with Crippen molar-refractivity contribution < 1.29 is 9.53 Å². The second kappa shape index (κ2) is 3.89. The third-order valence-electron chi connectivity index (χ3n) is 2.78. The van der Waals surface area contributed by atoms with Gasteiger partial charge in [0.25, 0.3) is 0 Å². The Hall–Kier alpha value is -1.81. The minimum Gasteiger partial charge on any atom is -0.456 e. The quantitative estimate of drug-likeness (QED) is 0.605. The lowest BCUT2D eigenvalue weighted by Crippen LogP contribution is -2.02. The van der Waals surface area contributed by atoms with Crippen molar-refractivity contribution in [3.63, 3.8) is 0 Å². The first-order valence-electron chi connectivity index (χ1n) is 5.19. The van der Waals surface area contributed by atoms with Crippen molar-refractivity contribution in [2.75, 3.05) is 0 Å². The third-order valence-corrected chi connectivity index (χ3v) is 3.00. The van der Waals surface area contributed by atoms with Crippen molar-refractivity contribution in [1.29, 1.82) is 0 Å². The predicted molar refractivity (Wildman–Crippen MR) is 61.9 cm³/mol. The highest BCUT2D eigenvalue weighted by Gasteiger charge is 2.24. The Bertz CT molecular complexity index is 575. The average molecular weight is 249 g/mol. The van der Waals surface area contributed by atoms with Gasteiger partial charge in [0.1, 0.15) is 11.8 Å². The van der Waals surface area contributed by atoms with Crippen LogP contribution in [-0.2, 0) is 17.9 Å². The zero-order valence-electron chi connectivity index (χ0n) is 8.89. The van der Waals surface area contributed by atoms with Gasteiger partial charge in [-0.1, -0.05) is 17.7 Å². The first kappa shape index (κ1) is 10.4. The van der Waals surface area contributed by atoms with Crippen LogP contribution in [0, 0.1) is 0 Å². The normalized spacial score (nSPS) is 13.6. The summed E-state index contributed by atoms with van der Waals surface area (Å²) in [5, 5.41) is 0.477. The van der Waals surface area contributed by atoms with E-state index in [1.807, 2.05) is 16.8 Å². The largest absolute Gasteiger partial charge is 0.456 e. The number of fused-ring (bicyclic) bond motifs is 1. The molecule has 3 heterocycles. The fourth-order valence-electron chi connectivity index (χ4n) is 1.91. The van der Waals surface area contributed by atoms with Crippen LogP contribution in [0.25, 0.3) is 0 Å². The third kappa shape index (κ3) is 1.80. The molecule has 5 heteroatoms. The molecule has 2 aromatic rings. The van der Waals surface area contributed by atoms with Crippen LogP contribution in [0.15, 0.2) is 30.6 Å². The number of halogens is 1. The number of cyclic esters (lactones) is 1. The van der Waals surface area contributed by atoms with Crippen molar-refractivity contribution >= 4 is 17.6 Å². The fraction of sp³-hybridized carbons (Fsp3) is 0.167. The lowest BCUT2D eigenvalue weighted by molar-refractivity contribution is 0.0530. The van der Waals surface area contributed by atoms with E-state index in [4.69, 9.17) is 16.3 Å². The van der Waals surface area contributed by atoms with E-state index < -0.39 is 0 Å². The molecule has 2 aromatic heterocycles. The zero-order chi connectivity index (χ0) is 11.8. The van der Waals surface area contributed by atoms with Crippen LogP contribution in [0.5, 0.6) is 0 Å². The van der Waals surface area contributed by atoms with E-state index in [0.717, 1.165) is 11.3 Å². The van der Waals surface area contributed by atoms with Crippen LogP contribution in [0.4, 0.5) is 0 Å². The maximum atomic E-state index is 11.3. The summed E-state index contributed by atoms with van der Waals surface area (Å²) < 4.78 is 6.96. The summed E-state index contributed by atoms with van der Waals surface area (Å²) in [6, 6.07) is 5.45. The summed E-state index contributed by atoms with van der Waals surface area (Å²) in [7, 11) is 0. The number of aromatic nitrogens is 2. The van der Waals surface area contributed by atoms with Gasteiger partial charge < -0.3 is 9.30 Å². The second-order valence-electron chi connectivity index (χ2n) is 3.87. The fourth-order valence-corrected chi connectivity index (χ4v) is 2.02. The van der Waals surface area contributed by atoms with Gasteiger partial charge in [0.05, 0.1) is 11.3 Å². The lowest BCUT2D eigenvalue weighted by Gasteiger charge is -2.06. The van der Waals surface area contributed by atoms with Crippen LogP contribution in [-0.4, -0.2) is 15.5 Å². The van der Waals surface area contributed by atoms with Gasteiger partial charge in [-0.25, -0.2) is 9.78 Å². The average Bonchev–Trinajstić information content (AvgIpc) is 2.87. The number of pyridine rings is 1. The van der Waals surface area contributed by atoms with Gasteiger partial charge in [0.2, 0.25) is 0 Å². The second-order valence-corrected chi connectivity index (χ2v) is 4.26. The molecule has 4 nitrogen and oxygen atoms in total. The molecule has 1 aliphatic heterocycles. The van der Waals surface area contributed by atoms with E-state index in [1.54, 1.807) is 18.3 Å². The maximum Gasteiger partial charge on any atom is 0.340 e. The molecule has 0 atom stereocenters. The molecule has 3 rings (SSSR count). The maximum absolute atomic E-state index is 11.3. The van der Waals surface area contributed by atoms with Gasteiger partial charge in [-0.15, -0.1) is 0 Å². The number of hydrogen-bond acceptors (Lipinski definition) is 3. The molecule has 0 radical (unpaired) electrons. The molecule has 0 fully saturated rings. The van der Waals surface area contributed by atoms with Crippen molar-refractivity contribution in [2.45, 2.75) is 13.2 Å². The highest BCUT2D eigenvalue weighted by atomic mass is 35.5. The van der Waals surface area contributed by atoms with E-state index >= 15 is 0 Å². The van der Waals surface area contributed by atoms with Crippen molar-refractivity contribution in [1.82, 2.24) is 9.55 Å². The molecule has 0 amide bonds. The van der Waals surface area contributed by atoms with E-state index in [1.165, 1.54) is 0 Å². The summed E-state index contributed by atoms with van der Waals surface area (Å²) in [5.41, 5.74) is 2.61. The summed E-state index contributed by atoms with van der Waals surface area (Å²) in [5.74, 6) is -0.243. The number of rotatable bonds is 2. The lowest BCUT2D eigenvalue weighted by atomic mass is 10.2. The van der Waals surface area contributed by atoms with Crippen molar-refractivity contribution in [3.05, 3.63) is 52.6 Å². The van der Waals surface area contributed by atoms with Crippen LogP contribution in [0.3, 0.4) is 0 Å². The Balaban J connectivity index is 1.89. The molecule has 86 valence electrons. The number of hydrogen-bond donors (Lipinski definition) is 0. The van der Waals surface area contributed by atoms with Crippen LogP contribution >= 0.6 is 11.6 Å². The first-order chi connectivity index (χ1) is 8.24. The smallest absolute Gasteiger partial charge is 0.340 e. The molecule has 17 heavy (non-hydrogen) atoms. The predicted octanol–water partition coefficient (Wildman–Crippen LogP) is 2.26. The van der Waals surface area contributed by atoms with E-state index in [0.29, 0.717) is 23.9 Å². The number of carbonyl (C=O) groups excluding carboxylic acids is 1. The van der Waals surface area contributed by atoms with Gasteiger partial charge in [-0.05, 0) is 17.7 Å². The van der Waals surface area contributed by atoms with Crippen molar-refractivity contribution in [3.8, 4) is 0 Å². The summed E-state index contributed by atoms with van der Waals surface area (Å²) in [6.45, 7) is 1.01. The molecule has 0 saturated heterocycles. The Morgan fingerprint density at radius 2 is 2.29 bits per heavy atom. The topological polar surface area (TPSA) is 44.1 Å². The van der Waals surface area contributed by atoms with Crippen LogP contribution in [0.1, 0.15) is 21.6 Å². The molecule has 0 spiro atoms. The van der Waals surface area contributed by atoms with E-state index in [-0.39, 0.29) is 5.97 Å². The van der Waals surface area contributed by atoms with Gasteiger partial charge in [-0.2, -0.15) is 0 Å². The van der Waals surface area contributed by atoms with Gasteiger partial charge in [0, 0.05) is 18.9 Å². The number of ether oxygens (including phenoxy) is 1. The molecule has 1 aliphatic rings. The SMILES string of the molecule is O=C1OCc2c1ccn2Cc1ccc(Cl)nc1. The minimum atomic E-state index is -0.243. The van der Waals surface area contributed by atoms with Crippen LogP contribution in [0.2, 0.25) is 5.15 Å². The molecule has 0 aromatic carbocycles. The van der Waals surface area contributed by atoms with E-state index in [9.17, 15) is 4.79 Å². The number of nitrogens with zero attached hydrogens (tertiary/aromatic N) is 2. The molecule has 0 saturated carbocycles. The molecule has 0 bridgehead atoms. The highest BCUT2D eigenvalue weighted by Crippen LogP contribution is 2.21. The minimum absolute atomic E-state index is 0.243. The molecule has 0 unspecified atom stereocenters. The Morgan fingerprint density at radius 1 is 1.41 bits per heavy atom. The zero-order valence-corrected chi connectivity index (χ0v) is 9.65. The van der Waals surface area contributed by atoms with Gasteiger partial charge >= 0.3 is 5.97 Å². The van der Waals surface area contributed by atoms with Gasteiger partial charge in [-0.3, -0.25) is 0 Å². The Labute approximate surface area is 103 Å². The van der Waals surface area contributed by atoms with Crippen molar-refractivity contribution in [2.24, 2.45) is 0 Å². The number of carbonyl (C=O) groups is 1.